The van der Waals surface area contributed by atoms with E-state index in [1.165, 1.54) is 0 Å². The van der Waals surface area contributed by atoms with Crippen molar-refractivity contribution in [3.05, 3.63) is 108 Å². The minimum Gasteiger partial charge on any atom is -0.465 e. The zero-order chi connectivity index (χ0) is 42.0. The molecule has 60 heavy (non-hydrogen) atoms. The van der Waals surface area contributed by atoms with Crippen molar-refractivity contribution >= 4 is 24.0 Å². The van der Waals surface area contributed by atoms with Gasteiger partial charge in [0.2, 0.25) is 5.91 Å². The van der Waals surface area contributed by atoms with Gasteiger partial charge < -0.3 is 40.2 Å². The van der Waals surface area contributed by atoms with Gasteiger partial charge in [-0.1, -0.05) is 78.9 Å². The van der Waals surface area contributed by atoms with Gasteiger partial charge in [-0.3, -0.25) is 9.59 Å². The summed E-state index contributed by atoms with van der Waals surface area (Å²) in [5.74, 6) is 1.15. The fourth-order valence-corrected chi connectivity index (χ4v) is 8.89. The van der Waals surface area contributed by atoms with Crippen LogP contribution in [-0.2, 0) is 14.3 Å². The van der Waals surface area contributed by atoms with Gasteiger partial charge in [0, 0.05) is 25.0 Å². The summed E-state index contributed by atoms with van der Waals surface area (Å²) in [4.78, 5) is 71.4. The van der Waals surface area contributed by atoms with Crippen LogP contribution in [0.25, 0.3) is 33.6 Å². The largest absolute Gasteiger partial charge is 0.465 e. The third kappa shape index (κ3) is 8.92. The Hall–Kier alpha value is -6.44. The second-order valence-corrected chi connectivity index (χ2v) is 17.0. The maximum absolute atomic E-state index is 13.7. The summed E-state index contributed by atoms with van der Waals surface area (Å²) in [7, 11) is 0. The standard InChI is InChI=1S/C46H52N8O6/c1-46(2,3)60-45(59)49-34-22-21-33(25-34)42(55)53-23-7-11-37(53)40-47-26-35(50-40)30-17-13-28(14-18-30)29-15-19-31(20-16-29)36-27-48-41(51-36)38-12-8-24-54(38)43(56)39(52-44(57)58)32-9-5-4-6-10-32/h4-6,9-10,13-20,26-27,33-34,37-39,52H,7-8,11-12,21-25H2,1-3H3,(H,47,50)(H,48,51)(H,49,59)(H,57,58)/t33-,34+,37+,38+,39?/m1/s1. The van der Waals surface area contributed by atoms with E-state index in [-0.39, 0.29) is 35.9 Å². The van der Waals surface area contributed by atoms with Gasteiger partial charge in [0.25, 0.3) is 5.91 Å². The zero-order valence-corrected chi connectivity index (χ0v) is 34.2. The number of nitrogens with one attached hydrogen (secondary N) is 4. The van der Waals surface area contributed by atoms with Crippen LogP contribution in [0.3, 0.4) is 0 Å². The number of aromatic amines is 2. The number of hydrogen-bond donors (Lipinski definition) is 5. The number of alkyl carbamates (subject to hydrolysis) is 1. The lowest BCUT2D eigenvalue weighted by Crippen LogP contribution is -2.42. The molecule has 5 atom stereocenters. The smallest absolute Gasteiger partial charge is 0.407 e. The normalized spacial score (nSPS) is 20.9. The van der Waals surface area contributed by atoms with Crippen LogP contribution in [-0.4, -0.2) is 83.6 Å². The van der Waals surface area contributed by atoms with Gasteiger partial charge in [0.05, 0.1) is 35.9 Å². The molecule has 3 aromatic carbocycles. The molecule has 2 aromatic heterocycles. The first-order valence-corrected chi connectivity index (χ1v) is 20.9. The zero-order valence-electron chi connectivity index (χ0n) is 34.2. The Morgan fingerprint density at radius 3 is 1.82 bits per heavy atom. The lowest BCUT2D eigenvalue weighted by Gasteiger charge is -2.28. The highest BCUT2D eigenvalue weighted by Gasteiger charge is 2.40. The van der Waals surface area contributed by atoms with Gasteiger partial charge in [0.15, 0.2) is 0 Å². The molecule has 0 spiro atoms. The van der Waals surface area contributed by atoms with E-state index in [1.807, 2.05) is 50.1 Å². The number of carboxylic acid groups (broad SMARTS) is 1. The van der Waals surface area contributed by atoms with Crippen LogP contribution in [0, 0.1) is 5.92 Å². The molecule has 4 amide bonds. The van der Waals surface area contributed by atoms with E-state index >= 15 is 0 Å². The number of H-pyrrole nitrogens is 2. The summed E-state index contributed by atoms with van der Waals surface area (Å²) < 4.78 is 5.42. The highest BCUT2D eigenvalue weighted by molar-refractivity contribution is 5.87. The van der Waals surface area contributed by atoms with Crippen molar-refractivity contribution in [3.8, 4) is 33.6 Å². The molecule has 312 valence electrons. The molecule has 5 aromatic rings. The summed E-state index contributed by atoms with van der Waals surface area (Å²) >= 11 is 0. The number of imidazole rings is 2. The number of carbonyl (C=O) groups is 4. The lowest BCUT2D eigenvalue weighted by molar-refractivity contribution is -0.136. The molecule has 3 fully saturated rings. The average molecular weight is 813 g/mol. The van der Waals surface area contributed by atoms with E-state index in [1.54, 1.807) is 35.4 Å². The molecule has 0 radical (unpaired) electrons. The summed E-state index contributed by atoms with van der Waals surface area (Å²) in [6.07, 6.45) is 7.29. The van der Waals surface area contributed by atoms with Crippen molar-refractivity contribution in [3.63, 3.8) is 0 Å². The van der Waals surface area contributed by atoms with Crippen molar-refractivity contribution in [2.24, 2.45) is 5.92 Å². The predicted molar refractivity (Wildman–Crippen MR) is 225 cm³/mol. The quantitative estimate of drug-likeness (QED) is 0.0935. The van der Waals surface area contributed by atoms with Gasteiger partial charge in [-0.2, -0.15) is 0 Å². The fourth-order valence-electron chi connectivity index (χ4n) is 8.89. The highest BCUT2D eigenvalue weighted by Crippen LogP contribution is 2.37. The van der Waals surface area contributed by atoms with Crippen molar-refractivity contribution < 1.29 is 29.0 Å². The van der Waals surface area contributed by atoms with E-state index in [0.717, 1.165) is 78.0 Å². The van der Waals surface area contributed by atoms with Crippen LogP contribution >= 0.6 is 0 Å². The van der Waals surface area contributed by atoms with Crippen molar-refractivity contribution in [2.75, 3.05) is 13.1 Å². The first-order valence-electron chi connectivity index (χ1n) is 20.9. The maximum atomic E-state index is 13.7. The van der Waals surface area contributed by atoms with Gasteiger partial charge in [0.1, 0.15) is 23.3 Å². The SMILES string of the molecule is CC(C)(C)OC(=O)N[C@H]1CC[C@@H](C(=O)N2CCC[C@H]2c2ncc(-c3ccc(-c4ccc(-c5cnc([C@@H]6CCCN6C(=O)C(NC(=O)O)c6ccccc6)[nH]5)cc4)cc3)[nH]2)C1. The van der Waals surface area contributed by atoms with Crippen molar-refractivity contribution in [1.29, 1.82) is 0 Å². The number of benzene rings is 3. The molecule has 8 rings (SSSR count). The maximum Gasteiger partial charge on any atom is 0.407 e. The van der Waals surface area contributed by atoms with Crippen LogP contribution < -0.4 is 10.6 Å². The lowest BCUT2D eigenvalue weighted by atomic mass is 10.0. The molecule has 3 aliphatic rings. The molecule has 2 aliphatic heterocycles. The Balaban J connectivity index is 0.885. The third-order valence-corrected chi connectivity index (χ3v) is 11.8. The van der Waals surface area contributed by atoms with Crippen LogP contribution in [0.1, 0.15) is 101 Å². The summed E-state index contributed by atoms with van der Waals surface area (Å²) in [6.45, 7) is 6.72. The number of carbonyl (C=O) groups excluding carboxylic acids is 3. The van der Waals surface area contributed by atoms with Crippen LogP contribution in [0.4, 0.5) is 9.59 Å². The van der Waals surface area contributed by atoms with Gasteiger partial charge in [-0.25, -0.2) is 19.6 Å². The van der Waals surface area contributed by atoms with E-state index in [0.29, 0.717) is 30.9 Å². The number of amides is 4. The molecule has 5 N–H and O–H groups in total. The second kappa shape index (κ2) is 17.0. The molecular formula is C46H52N8O6. The van der Waals surface area contributed by atoms with Crippen molar-refractivity contribution in [2.45, 2.75) is 95.5 Å². The van der Waals surface area contributed by atoms with E-state index in [9.17, 15) is 24.3 Å². The molecule has 4 heterocycles. The van der Waals surface area contributed by atoms with Crippen LogP contribution in [0.2, 0.25) is 0 Å². The highest BCUT2D eigenvalue weighted by atomic mass is 16.6. The third-order valence-electron chi connectivity index (χ3n) is 11.8. The Labute approximate surface area is 349 Å². The number of likely N-dealkylation sites (tertiary alicyclic amines) is 2. The minimum atomic E-state index is -1.26. The van der Waals surface area contributed by atoms with Gasteiger partial charge in [-0.05, 0) is 93.5 Å². The van der Waals surface area contributed by atoms with Gasteiger partial charge >= 0.3 is 12.2 Å². The fraction of sp³-hybridized carbons (Fsp3) is 0.391. The molecule has 14 nitrogen and oxygen atoms in total. The molecule has 1 unspecified atom stereocenters. The topological polar surface area (TPSA) is 186 Å². The number of rotatable bonds is 10. The molecular weight excluding hydrogens is 761 g/mol. The van der Waals surface area contributed by atoms with E-state index in [4.69, 9.17) is 9.72 Å². The molecule has 0 bridgehead atoms. The Bertz CT molecular complexity index is 2320. The molecule has 1 aliphatic carbocycles. The average Bonchev–Trinajstić information content (AvgIpc) is 4.09. The summed E-state index contributed by atoms with van der Waals surface area (Å²) in [6, 6.07) is 23.9. The molecule has 2 saturated heterocycles. The van der Waals surface area contributed by atoms with Crippen LogP contribution in [0.5, 0.6) is 0 Å². The second-order valence-electron chi connectivity index (χ2n) is 17.0. The first-order chi connectivity index (χ1) is 28.9. The first kappa shape index (κ1) is 40.3. The molecule has 1 saturated carbocycles. The predicted octanol–water partition coefficient (Wildman–Crippen LogP) is 8.16. The van der Waals surface area contributed by atoms with E-state index < -0.39 is 23.8 Å². The van der Waals surface area contributed by atoms with Gasteiger partial charge in [-0.15, -0.1) is 0 Å². The number of nitrogens with zero attached hydrogens (tertiary/aromatic N) is 4. The Morgan fingerprint density at radius 1 is 0.733 bits per heavy atom. The number of ether oxygens (including phenoxy) is 1. The minimum absolute atomic E-state index is 0.0733. The Kier molecular flexibility index (Phi) is 11.5. The van der Waals surface area contributed by atoms with Crippen LogP contribution in [0.15, 0.2) is 91.3 Å². The number of hydrogen-bond acceptors (Lipinski definition) is 7. The number of aromatic nitrogens is 4. The van der Waals surface area contributed by atoms with Crippen molar-refractivity contribution in [1.82, 2.24) is 40.4 Å². The summed E-state index contributed by atoms with van der Waals surface area (Å²) in [5, 5.41) is 14.8. The summed E-state index contributed by atoms with van der Waals surface area (Å²) in [5.41, 5.74) is 5.80. The molecule has 14 heteroatoms. The monoisotopic (exact) mass is 812 g/mol. The van der Waals surface area contributed by atoms with E-state index in [2.05, 4.69) is 62.0 Å². The Morgan fingerprint density at radius 2 is 1.27 bits per heavy atom.